The summed E-state index contributed by atoms with van der Waals surface area (Å²) in [6.07, 6.45) is 10.0. The molecule has 0 heterocycles. The van der Waals surface area contributed by atoms with E-state index in [0.717, 1.165) is 50.3 Å². The molecule has 0 aromatic carbocycles. The fourth-order valence-electron chi connectivity index (χ4n) is 7.82. The minimum Gasteiger partial charge on any atom is -0.411 e. The first-order valence-corrected chi connectivity index (χ1v) is 10.9. The van der Waals surface area contributed by atoms with Crippen LogP contribution in [0.25, 0.3) is 0 Å². The van der Waals surface area contributed by atoms with E-state index >= 15 is 0 Å². The quantitative estimate of drug-likeness (QED) is 0.568. The predicted octanol–water partition coefficient (Wildman–Crippen LogP) is 4.63. The molecule has 148 valence electrons. The van der Waals surface area contributed by atoms with Crippen molar-refractivity contribution in [2.75, 3.05) is 6.61 Å². The highest BCUT2D eigenvalue weighted by molar-refractivity contribution is 5.92. The summed E-state index contributed by atoms with van der Waals surface area (Å²) in [5.74, 6) is 2.24. The van der Waals surface area contributed by atoms with Crippen LogP contribution in [0, 0.1) is 34.5 Å². The average Bonchev–Trinajstić information content (AvgIpc) is 2.94. The lowest BCUT2D eigenvalue weighted by Crippen LogP contribution is -2.59. The second kappa shape index (κ2) is 6.77. The summed E-state index contributed by atoms with van der Waals surface area (Å²) in [6.45, 7) is 7.73. The first kappa shape index (κ1) is 18.7. The molecule has 0 aromatic heterocycles. The van der Waals surface area contributed by atoms with Crippen molar-refractivity contribution >= 4 is 5.71 Å². The average molecular weight is 364 g/mol. The Morgan fingerprint density at radius 3 is 2.62 bits per heavy atom. The number of nitrogens with zero attached hydrogens (tertiary/aromatic N) is 1. The molecule has 0 aromatic rings. The SMILES string of the molecule is CCCOC1CCC2CCC3C4CC/C(=N\O)C4(C)CC(O)C3C2(C)C1. The van der Waals surface area contributed by atoms with E-state index < -0.39 is 0 Å². The van der Waals surface area contributed by atoms with E-state index in [1.807, 2.05) is 0 Å². The van der Waals surface area contributed by atoms with Crippen molar-refractivity contribution in [1.29, 1.82) is 0 Å². The lowest BCUT2D eigenvalue weighted by Gasteiger charge is -2.62. The van der Waals surface area contributed by atoms with Crippen molar-refractivity contribution in [3.8, 4) is 0 Å². The van der Waals surface area contributed by atoms with Gasteiger partial charge in [0.05, 0.1) is 17.9 Å². The van der Waals surface area contributed by atoms with Gasteiger partial charge < -0.3 is 15.1 Å². The molecule has 4 saturated carbocycles. The minimum atomic E-state index is -0.283. The van der Waals surface area contributed by atoms with Crippen molar-refractivity contribution in [2.45, 2.75) is 90.8 Å². The Bertz CT molecular complexity index is 564. The fourth-order valence-corrected chi connectivity index (χ4v) is 7.82. The van der Waals surface area contributed by atoms with Crippen molar-refractivity contribution in [2.24, 2.45) is 39.7 Å². The van der Waals surface area contributed by atoms with Gasteiger partial charge in [0.15, 0.2) is 0 Å². The molecule has 0 aliphatic heterocycles. The molecule has 4 fully saturated rings. The number of rotatable bonds is 3. The van der Waals surface area contributed by atoms with Gasteiger partial charge in [0.25, 0.3) is 0 Å². The summed E-state index contributed by atoms with van der Waals surface area (Å²) < 4.78 is 6.17. The maximum atomic E-state index is 11.3. The van der Waals surface area contributed by atoms with Crippen molar-refractivity contribution < 1.29 is 15.1 Å². The molecule has 0 saturated heterocycles. The fraction of sp³-hybridized carbons (Fsp3) is 0.955. The van der Waals surface area contributed by atoms with Crippen LogP contribution in [0.3, 0.4) is 0 Å². The Labute approximate surface area is 158 Å². The highest BCUT2D eigenvalue weighted by atomic mass is 16.5. The molecule has 4 aliphatic carbocycles. The van der Waals surface area contributed by atoms with Gasteiger partial charge in [-0.05, 0) is 86.9 Å². The van der Waals surface area contributed by atoms with E-state index in [2.05, 4.69) is 25.9 Å². The van der Waals surface area contributed by atoms with E-state index in [9.17, 15) is 10.3 Å². The van der Waals surface area contributed by atoms with Gasteiger partial charge in [-0.25, -0.2) is 0 Å². The molecular formula is C22H37NO3. The van der Waals surface area contributed by atoms with Crippen LogP contribution in [-0.2, 0) is 4.74 Å². The molecule has 4 rings (SSSR count). The lowest BCUT2D eigenvalue weighted by atomic mass is 9.44. The molecule has 0 spiro atoms. The number of hydrogen-bond donors (Lipinski definition) is 2. The third-order valence-corrected chi connectivity index (χ3v) is 8.92. The van der Waals surface area contributed by atoms with Gasteiger partial charge in [-0.15, -0.1) is 0 Å². The highest BCUT2D eigenvalue weighted by Crippen LogP contribution is 2.65. The second-order valence-corrected chi connectivity index (χ2v) is 10.1. The van der Waals surface area contributed by atoms with Gasteiger partial charge in [0.2, 0.25) is 0 Å². The second-order valence-electron chi connectivity index (χ2n) is 10.1. The van der Waals surface area contributed by atoms with Crippen LogP contribution in [0.2, 0.25) is 0 Å². The van der Waals surface area contributed by atoms with E-state index in [1.54, 1.807) is 0 Å². The van der Waals surface area contributed by atoms with Gasteiger partial charge in [0.1, 0.15) is 0 Å². The zero-order valence-corrected chi connectivity index (χ0v) is 16.8. The van der Waals surface area contributed by atoms with Crippen LogP contribution in [0.1, 0.15) is 78.6 Å². The third kappa shape index (κ3) is 2.66. The molecule has 8 atom stereocenters. The molecule has 0 radical (unpaired) electrons. The molecule has 4 aliphatic rings. The van der Waals surface area contributed by atoms with Crippen LogP contribution in [0.5, 0.6) is 0 Å². The van der Waals surface area contributed by atoms with Crippen LogP contribution < -0.4 is 0 Å². The minimum absolute atomic E-state index is 0.106. The first-order valence-electron chi connectivity index (χ1n) is 10.9. The number of aliphatic hydroxyl groups excluding tert-OH is 1. The molecule has 4 nitrogen and oxygen atoms in total. The molecule has 8 unspecified atom stereocenters. The summed E-state index contributed by atoms with van der Waals surface area (Å²) >= 11 is 0. The molecule has 0 bridgehead atoms. The van der Waals surface area contributed by atoms with Crippen molar-refractivity contribution in [3.05, 3.63) is 0 Å². The summed E-state index contributed by atoms with van der Waals surface area (Å²) in [6, 6.07) is 0. The number of aliphatic hydroxyl groups is 1. The smallest absolute Gasteiger partial charge is 0.0633 e. The van der Waals surface area contributed by atoms with E-state index in [4.69, 9.17) is 4.74 Å². The van der Waals surface area contributed by atoms with E-state index in [0.29, 0.717) is 23.9 Å². The predicted molar refractivity (Wildman–Crippen MR) is 102 cm³/mol. The Balaban J connectivity index is 1.61. The zero-order valence-electron chi connectivity index (χ0n) is 16.8. The Morgan fingerprint density at radius 1 is 1.12 bits per heavy atom. The summed E-state index contributed by atoms with van der Waals surface area (Å²) in [5.41, 5.74) is 1.02. The third-order valence-electron chi connectivity index (χ3n) is 8.92. The maximum Gasteiger partial charge on any atom is 0.0633 e. The van der Waals surface area contributed by atoms with Crippen LogP contribution in [-0.4, -0.2) is 34.8 Å². The monoisotopic (exact) mass is 363 g/mol. The van der Waals surface area contributed by atoms with Crippen LogP contribution in [0.15, 0.2) is 5.16 Å². The number of fused-ring (bicyclic) bond motifs is 5. The van der Waals surface area contributed by atoms with E-state index in [1.165, 1.54) is 25.7 Å². The molecule has 2 N–H and O–H groups in total. The molecule has 26 heavy (non-hydrogen) atoms. The Hall–Kier alpha value is -0.610. The first-order chi connectivity index (χ1) is 12.4. The topological polar surface area (TPSA) is 62.0 Å². The summed E-state index contributed by atoms with van der Waals surface area (Å²) in [5, 5.41) is 24.5. The van der Waals surface area contributed by atoms with Gasteiger partial charge >= 0.3 is 0 Å². The van der Waals surface area contributed by atoms with Gasteiger partial charge in [-0.3, -0.25) is 0 Å². The maximum absolute atomic E-state index is 11.3. The number of oxime groups is 1. The largest absolute Gasteiger partial charge is 0.411 e. The molecule has 4 heteroatoms. The Morgan fingerprint density at radius 2 is 1.88 bits per heavy atom. The van der Waals surface area contributed by atoms with Gasteiger partial charge in [0, 0.05) is 12.0 Å². The number of hydrogen-bond acceptors (Lipinski definition) is 4. The highest BCUT2D eigenvalue weighted by Gasteiger charge is 2.62. The lowest BCUT2D eigenvalue weighted by molar-refractivity contribution is -0.172. The van der Waals surface area contributed by atoms with Gasteiger partial charge in [-0.2, -0.15) is 0 Å². The van der Waals surface area contributed by atoms with E-state index in [-0.39, 0.29) is 16.9 Å². The standard InChI is InChI=1S/C22H37NO3/c1-4-11-26-15-7-5-14-6-8-16-17-9-10-19(23-25)22(17,3)13-18(24)20(16)21(14,2)12-15/h14-18,20,24-25H,4-13H2,1-3H3/b23-19+. The molecular weight excluding hydrogens is 326 g/mol. The van der Waals surface area contributed by atoms with Crippen molar-refractivity contribution in [3.63, 3.8) is 0 Å². The summed E-state index contributed by atoms with van der Waals surface area (Å²) in [4.78, 5) is 0. The normalized spacial score (nSPS) is 52.4. The van der Waals surface area contributed by atoms with Crippen LogP contribution >= 0.6 is 0 Å². The van der Waals surface area contributed by atoms with Crippen LogP contribution in [0.4, 0.5) is 0 Å². The Kier molecular flexibility index (Phi) is 4.88. The van der Waals surface area contributed by atoms with Crippen molar-refractivity contribution in [1.82, 2.24) is 0 Å². The molecule has 0 amide bonds. The number of ether oxygens (including phenoxy) is 1. The van der Waals surface area contributed by atoms with Gasteiger partial charge in [-0.1, -0.05) is 25.9 Å². The zero-order chi connectivity index (χ0) is 18.5. The summed E-state index contributed by atoms with van der Waals surface area (Å²) in [7, 11) is 0.